The lowest BCUT2D eigenvalue weighted by Gasteiger charge is -2.24. The molecule has 13 rings (SSSR count). The molecule has 2 aliphatic carbocycles. The number of fused-ring (bicyclic) bond motifs is 15. The van der Waals surface area contributed by atoms with Gasteiger partial charge in [-0.2, -0.15) is 0 Å². The molecule has 0 bridgehead atoms. The van der Waals surface area contributed by atoms with Crippen LogP contribution in [0.1, 0.15) is 46.4 Å². The van der Waals surface area contributed by atoms with Crippen LogP contribution in [-0.4, -0.2) is 9.13 Å². The van der Waals surface area contributed by atoms with E-state index in [9.17, 15) is 0 Å². The fourth-order valence-corrected chi connectivity index (χ4v) is 10.4. The Balaban J connectivity index is 1.07. The first-order valence-electron chi connectivity index (χ1n) is 19.5. The van der Waals surface area contributed by atoms with Gasteiger partial charge in [-0.3, -0.25) is 0 Å². The van der Waals surface area contributed by atoms with Crippen molar-refractivity contribution in [2.75, 3.05) is 0 Å². The summed E-state index contributed by atoms with van der Waals surface area (Å²) in [6.45, 7) is 0. The number of allylic oxidation sites excluding steroid dienone is 1. The van der Waals surface area contributed by atoms with Gasteiger partial charge in [0, 0.05) is 44.0 Å². The number of hydrogen-bond donors (Lipinski definition) is 0. The Kier molecular flexibility index (Phi) is 5.85. The Hall–Kier alpha value is -6.84. The van der Waals surface area contributed by atoms with Gasteiger partial charge in [0.1, 0.15) is 11.9 Å². The van der Waals surface area contributed by atoms with Crippen LogP contribution < -0.4 is 4.74 Å². The lowest BCUT2D eigenvalue weighted by Crippen LogP contribution is -2.14. The molecule has 2 unspecified atom stereocenters. The number of nitrogens with zero attached hydrogens (tertiary/aromatic N) is 2. The molecular weight excluding hydrogens is 669 g/mol. The Morgan fingerprint density at radius 1 is 0.527 bits per heavy atom. The molecule has 3 nitrogen and oxygen atoms in total. The molecule has 3 heteroatoms. The van der Waals surface area contributed by atoms with Gasteiger partial charge in [-0.15, -0.1) is 0 Å². The number of para-hydroxylation sites is 2. The van der Waals surface area contributed by atoms with Crippen LogP contribution in [0.25, 0.3) is 88.6 Å². The molecule has 2 atom stereocenters. The molecule has 1 aliphatic heterocycles. The van der Waals surface area contributed by atoms with Crippen molar-refractivity contribution in [2.45, 2.75) is 24.9 Å². The van der Waals surface area contributed by atoms with Crippen LogP contribution in [0.2, 0.25) is 0 Å². The number of benzene rings is 8. The lowest BCUT2D eigenvalue weighted by molar-refractivity contribution is 0.227. The average molecular weight is 703 g/mol. The zero-order chi connectivity index (χ0) is 35.8. The molecule has 3 aliphatic rings. The third kappa shape index (κ3) is 3.89. The minimum atomic E-state index is -0.141. The molecule has 55 heavy (non-hydrogen) atoms. The van der Waals surface area contributed by atoms with E-state index in [0.29, 0.717) is 0 Å². The van der Waals surface area contributed by atoms with Gasteiger partial charge < -0.3 is 13.9 Å². The van der Waals surface area contributed by atoms with E-state index in [1.807, 2.05) is 0 Å². The van der Waals surface area contributed by atoms with Gasteiger partial charge in [0.25, 0.3) is 0 Å². The van der Waals surface area contributed by atoms with Crippen LogP contribution in [0.15, 0.2) is 158 Å². The van der Waals surface area contributed by atoms with Crippen molar-refractivity contribution in [1.82, 2.24) is 9.13 Å². The van der Waals surface area contributed by atoms with Crippen molar-refractivity contribution in [3.8, 4) is 17.1 Å². The van der Waals surface area contributed by atoms with Crippen LogP contribution in [0, 0.1) is 0 Å². The summed E-state index contributed by atoms with van der Waals surface area (Å²) in [5, 5.41) is 11.2. The summed E-state index contributed by atoms with van der Waals surface area (Å²) < 4.78 is 12.5. The Morgan fingerprint density at radius 2 is 1.15 bits per heavy atom. The molecular formula is C52H34N2O. The van der Waals surface area contributed by atoms with E-state index in [4.69, 9.17) is 4.74 Å². The van der Waals surface area contributed by atoms with Crippen LogP contribution in [-0.2, 0) is 6.42 Å². The van der Waals surface area contributed by atoms with E-state index in [-0.39, 0.29) is 12.0 Å². The van der Waals surface area contributed by atoms with Gasteiger partial charge >= 0.3 is 0 Å². The summed E-state index contributed by atoms with van der Waals surface area (Å²) >= 11 is 0. The zero-order valence-electron chi connectivity index (χ0n) is 30.0. The van der Waals surface area contributed by atoms with Gasteiger partial charge in [-0.1, -0.05) is 133 Å². The highest BCUT2D eigenvalue weighted by molar-refractivity contribution is 6.17. The number of hydrogen-bond acceptors (Lipinski definition) is 1. The molecule has 2 aromatic heterocycles. The fraction of sp³-hybridized carbons (Fsp3) is 0.0769. The van der Waals surface area contributed by atoms with Crippen LogP contribution in [0.4, 0.5) is 0 Å². The second kappa shape index (κ2) is 10.9. The standard InChI is InChI=1S/C52H34N2O/c1-5-17-35-31(13-1)29-32-14-2-6-18-36(32)49(35)53-43-23-11-9-21-41(43)47-45(53)27-25-39-40-26-28-46-48(52(40)55-51(39)47)42-22-10-12-24-44(42)54(46)50-37-19-7-3-15-33(37)30-34-16-4-8-20-38(34)50/h1-7,9-19,21-30,40,52H,8,20H2. The SMILES string of the molecule is C1=Cc2cc3ccccc3c(-n3c4c(c5ccccc53)C3Oc5c(ccc6c5c5ccccc5n6-c5c6ccccc6cc6ccccc56)C3C=C4)c2CC1. The summed E-state index contributed by atoms with van der Waals surface area (Å²) in [5.74, 6) is 1.12. The molecule has 0 saturated carbocycles. The van der Waals surface area contributed by atoms with E-state index in [2.05, 4.69) is 179 Å². The van der Waals surface area contributed by atoms with Crippen LogP contribution in [0.3, 0.4) is 0 Å². The molecule has 10 aromatic rings. The summed E-state index contributed by atoms with van der Waals surface area (Å²) in [6, 6.07) is 53.7. The fourth-order valence-electron chi connectivity index (χ4n) is 10.4. The monoisotopic (exact) mass is 702 g/mol. The molecule has 0 amide bonds. The maximum atomic E-state index is 7.45. The van der Waals surface area contributed by atoms with Crippen molar-refractivity contribution in [3.63, 3.8) is 0 Å². The molecule has 258 valence electrons. The summed E-state index contributed by atoms with van der Waals surface area (Å²) in [4.78, 5) is 0. The highest BCUT2D eigenvalue weighted by Gasteiger charge is 2.42. The third-order valence-corrected chi connectivity index (χ3v) is 12.7. The lowest BCUT2D eigenvalue weighted by atomic mass is 9.85. The van der Waals surface area contributed by atoms with E-state index in [1.165, 1.54) is 104 Å². The predicted molar refractivity (Wildman–Crippen MR) is 229 cm³/mol. The molecule has 0 radical (unpaired) electrons. The smallest absolute Gasteiger partial charge is 0.137 e. The Labute approximate surface area is 317 Å². The topological polar surface area (TPSA) is 19.1 Å². The first-order chi connectivity index (χ1) is 27.3. The van der Waals surface area contributed by atoms with Gasteiger partial charge in [-0.25, -0.2) is 0 Å². The highest BCUT2D eigenvalue weighted by atomic mass is 16.5. The molecule has 0 spiro atoms. The zero-order valence-corrected chi connectivity index (χ0v) is 30.0. The average Bonchev–Trinajstić information content (AvgIpc) is 3.89. The number of aromatic nitrogens is 2. The van der Waals surface area contributed by atoms with Crippen molar-refractivity contribution >= 4 is 77.2 Å². The van der Waals surface area contributed by atoms with Crippen LogP contribution in [0.5, 0.6) is 5.75 Å². The molecule has 3 heterocycles. The molecule has 0 N–H and O–H groups in total. The van der Waals surface area contributed by atoms with E-state index < -0.39 is 0 Å². The predicted octanol–water partition coefficient (Wildman–Crippen LogP) is 13.4. The first-order valence-corrected chi connectivity index (χ1v) is 19.5. The second-order valence-electron chi connectivity index (χ2n) is 15.4. The van der Waals surface area contributed by atoms with Crippen molar-refractivity contribution in [2.24, 2.45) is 0 Å². The van der Waals surface area contributed by atoms with Crippen LogP contribution >= 0.6 is 0 Å². The molecule has 0 fully saturated rings. The number of rotatable bonds is 2. The first kappa shape index (κ1) is 29.6. The normalized spacial score (nSPS) is 16.9. The van der Waals surface area contributed by atoms with E-state index in [0.717, 1.165) is 18.6 Å². The van der Waals surface area contributed by atoms with E-state index in [1.54, 1.807) is 0 Å². The maximum Gasteiger partial charge on any atom is 0.137 e. The van der Waals surface area contributed by atoms with Crippen molar-refractivity contribution < 1.29 is 4.74 Å². The van der Waals surface area contributed by atoms with Gasteiger partial charge in [0.05, 0.1) is 39.0 Å². The van der Waals surface area contributed by atoms with E-state index >= 15 is 0 Å². The van der Waals surface area contributed by atoms with Gasteiger partial charge in [-0.05, 0) is 76.5 Å². The molecule has 8 aromatic carbocycles. The van der Waals surface area contributed by atoms with Crippen molar-refractivity contribution in [3.05, 3.63) is 186 Å². The maximum absolute atomic E-state index is 7.45. The minimum Gasteiger partial charge on any atom is -0.484 e. The van der Waals surface area contributed by atoms with Gasteiger partial charge in [0.2, 0.25) is 0 Å². The molecule has 0 saturated heterocycles. The summed E-state index contributed by atoms with van der Waals surface area (Å²) in [7, 11) is 0. The highest BCUT2D eigenvalue weighted by Crippen LogP contribution is 2.57. The Morgan fingerprint density at radius 3 is 1.89 bits per heavy atom. The largest absolute Gasteiger partial charge is 0.484 e. The van der Waals surface area contributed by atoms with Crippen molar-refractivity contribution in [1.29, 1.82) is 0 Å². The summed E-state index contributed by atoms with van der Waals surface area (Å²) in [5.41, 5.74) is 12.6. The third-order valence-electron chi connectivity index (χ3n) is 12.7. The Bertz CT molecular complexity index is 3320. The summed E-state index contributed by atoms with van der Waals surface area (Å²) in [6.07, 6.45) is 11.4. The second-order valence-corrected chi connectivity index (χ2v) is 15.4. The quantitative estimate of drug-likeness (QED) is 0.164. The van der Waals surface area contributed by atoms with Gasteiger partial charge in [0.15, 0.2) is 0 Å². The number of ether oxygens (including phenoxy) is 1. The minimum absolute atomic E-state index is 0.107.